The van der Waals surface area contributed by atoms with Crippen LogP contribution >= 0.6 is 23.2 Å². The van der Waals surface area contributed by atoms with Crippen molar-refractivity contribution in [2.75, 3.05) is 13.6 Å². The molecule has 0 saturated carbocycles. The fraction of sp³-hybridized carbons (Fsp3) is 0.500. The van der Waals surface area contributed by atoms with E-state index < -0.39 is 6.10 Å². The molecule has 0 aliphatic carbocycles. The Bertz CT molecular complexity index is 585. The number of nitrogens with one attached hydrogen (secondary N) is 1. The van der Waals surface area contributed by atoms with Gasteiger partial charge in [0.05, 0.1) is 11.6 Å². The van der Waals surface area contributed by atoms with E-state index in [1.165, 1.54) is 11.0 Å². The van der Waals surface area contributed by atoms with Gasteiger partial charge in [-0.2, -0.15) is 0 Å². The second-order valence-electron chi connectivity index (χ2n) is 6.33. The molecule has 1 atom stereocenters. The Morgan fingerprint density at radius 2 is 1.91 bits per heavy atom. The van der Waals surface area contributed by atoms with Crippen LogP contribution in [0, 0.1) is 0 Å². The largest absolute Gasteiger partial charge is 0.479 e. The Labute approximate surface area is 146 Å². The van der Waals surface area contributed by atoms with E-state index in [0.717, 1.165) is 0 Å². The highest BCUT2D eigenvalue weighted by molar-refractivity contribution is 6.35. The Morgan fingerprint density at radius 3 is 2.43 bits per heavy atom. The second-order valence-corrected chi connectivity index (χ2v) is 7.17. The number of carbonyl (C=O) groups excluding carboxylic acids is 2. The van der Waals surface area contributed by atoms with Gasteiger partial charge in [-0.3, -0.25) is 9.59 Å². The fourth-order valence-electron chi connectivity index (χ4n) is 1.87. The summed E-state index contributed by atoms with van der Waals surface area (Å²) in [5.41, 5.74) is -0.347. The number of rotatable bonds is 5. The zero-order chi connectivity index (χ0) is 17.8. The van der Waals surface area contributed by atoms with Crippen LogP contribution in [-0.2, 0) is 9.59 Å². The Balaban J connectivity index is 2.63. The van der Waals surface area contributed by atoms with Crippen molar-refractivity contribution in [2.45, 2.75) is 39.3 Å². The molecule has 0 aromatic heterocycles. The van der Waals surface area contributed by atoms with Crippen molar-refractivity contribution in [3.8, 4) is 5.75 Å². The Hall–Kier alpha value is -1.46. The fourth-order valence-corrected chi connectivity index (χ4v) is 2.33. The number of nitrogens with zero attached hydrogens (tertiary/aromatic N) is 1. The van der Waals surface area contributed by atoms with Gasteiger partial charge in [0.25, 0.3) is 5.91 Å². The molecule has 0 bridgehead atoms. The molecule has 1 aromatic rings. The lowest BCUT2D eigenvalue weighted by atomic mass is 10.1. The molecule has 1 N–H and O–H groups in total. The van der Waals surface area contributed by atoms with Gasteiger partial charge in [0.15, 0.2) is 6.10 Å². The molecule has 0 aliphatic rings. The van der Waals surface area contributed by atoms with E-state index in [1.54, 1.807) is 26.1 Å². The van der Waals surface area contributed by atoms with E-state index in [0.29, 0.717) is 15.8 Å². The van der Waals surface area contributed by atoms with E-state index in [-0.39, 0.29) is 23.9 Å². The number of amides is 2. The van der Waals surface area contributed by atoms with Crippen LogP contribution in [0.1, 0.15) is 27.7 Å². The van der Waals surface area contributed by atoms with Crippen molar-refractivity contribution in [3.05, 3.63) is 28.2 Å². The van der Waals surface area contributed by atoms with Crippen molar-refractivity contribution >= 4 is 35.0 Å². The number of hydrogen-bond acceptors (Lipinski definition) is 3. The number of carbonyl (C=O) groups is 2. The maximum absolute atomic E-state index is 12.3. The highest BCUT2D eigenvalue weighted by atomic mass is 35.5. The molecule has 0 heterocycles. The molecule has 0 fully saturated rings. The van der Waals surface area contributed by atoms with Crippen molar-refractivity contribution in [3.63, 3.8) is 0 Å². The summed E-state index contributed by atoms with van der Waals surface area (Å²) in [4.78, 5) is 25.5. The first-order chi connectivity index (χ1) is 10.5. The van der Waals surface area contributed by atoms with E-state index in [2.05, 4.69) is 5.32 Å². The minimum absolute atomic E-state index is 0.0435. The van der Waals surface area contributed by atoms with Crippen LogP contribution in [0.25, 0.3) is 0 Å². The summed E-state index contributed by atoms with van der Waals surface area (Å²) in [6.45, 7) is 7.19. The lowest BCUT2D eigenvalue weighted by molar-refractivity contribution is -0.140. The standard InChI is InChI=1S/C16H22Cl2N2O3/c1-10(23-13-7-6-11(17)8-12(13)18)15(22)20(5)9-14(21)19-16(2,3)4/h6-8,10H,9H2,1-5H3,(H,19,21). The monoisotopic (exact) mass is 360 g/mol. The zero-order valence-corrected chi connectivity index (χ0v) is 15.5. The van der Waals surface area contributed by atoms with Gasteiger partial charge in [0, 0.05) is 17.6 Å². The molecule has 23 heavy (non-hydrogen) atoms. The third kappa shape index (κ3) is 6.67. The van der Waals surface area contributed by atoms with Crippen LogP contribution < -0.4 is 10.1 Å². The number of likely N-dealkylation sites (N-methyl/N-ethyl adjacent to an activating group) is 1. The summed E-state index contributed by atoms with van der Waals surface area (Å²) >= 11 is 11.8. The van der Waals surface area contributed by atoms with E-state index >= 15 is 0 Å². The molecule has 0 saturated heterocycles. The van der Waals surface area contributed by atoms with Gasteiger partial charge in [0.1, 0.15) is 5.75 Å². The average Bonchev–Trinajstić information content (AvgIpc) is 2.38. The summed E-state index contributed by atoms with van der Waals surface area (Å²) in [5, 5.41) is 3.61. The van der Waals surface area contributed by atoms with Crippen LogP contribution in [0.15, 0.2) is 18.2 Å². The first kappa shape index (κ1) is 19.6. The van der Waals surface area contributed by atoms with Crippen molar-refractivity contribution in [2.24, 2.45) is 0 Å². The molecule has 128 valence electrons. The predicted molar refractivity (Wildman–Crippen MR) is 92.1 cm³/mol. The molecule has 7 heteroatoms. The zero-order valence-electron chi connectivity index (χ0n) is 13.9. The van der Waals surface area contributed by atoms with E-state index in [9.17, 15) is 9.59 Å². The first-order valence-corrected chi connectivity index (χ1v) is 7.93. The SMILES string of the molecule is CC(Oc1ccc(Cl)cc1Cl)C(=O)N(C)CC(=O)NC(C)(C)C. The molecule has 1 rings (SSSR count). The predicted octanol–water partition coefficient (Wildman–Crippen LogP) is 3.13. The van der Waals surface area contributed by atoms with Gasteiger partial charge >= 0.3 is 0 Å². The van der Waals surface area contributed by atoms with Gasteiger partial charge in [-0.05, 0) is 45.9 Å². The van der Waals surface area contributed by atoms with Crippen LogP contribution in [0.4, 0.5) is 0 Å². The number of ether oxygens (including phenoxy) is 1. The maximum Gasteiger partial charge on any atom is 0.263 e. The first-order valence-electron chi connectivity index (χ1n) is 7.17. The normalized spacial score (nSPS) is 12.5. The summed E-state index contributed by atoms with van der Waals surface area (Å²) in [7, 11) is 1.55. The highest BCUT2D eigenvalue weighted by Crippen LogP contribution is 2.28. The highest BCUT2D eigenvalue weighted by Gasteiger charge is 2.23. The molecule has 1 unspecified atom stereocenters. The summed E-state index contributed by atoms with van der Waals surface area (Å²) in [6, 6.07) is 4.76. The van der Waals surface area contributed by atoms with Gasteiger partial charge < -0.3 is 15.0 Å². The second kappa shape index (κ2) is 7.88. The van der Waals surface area contributed by atoms with Gasteiger partial charge in [-0.1, -0.05) is 23.2 Å². The average molecular weight is 361 g/mol. The maximum atomic E-state index is 12.3. The molecular formula is C16H22Cl2N2O3. The molecule has 0 radical (unpaired) electrons. The van der Waals surface area contributed by atoms with Crippen molar-refractivity contribution < 1.29 is 14.3 Å². The number of benzene rings is 1. The lowest BCUT2D eigenvalue weighted by Crippen LogP contribution is -2.48. The minimum atomic E-state index is -0.777. The summed E-state index contributed by atoms with van der Waals surface area (Å²) < 4.78 is 5.55. The van der Waals surface area contributed by atoms with Crippen LogP contribution in [0.2, 0.25) is 10.0 Å². The molecular weight excluding hydrogens is 339 g/mol. The van der Waals surface area contributed by atoms with Crippen LogP contribution in [0.5, 0.6) is 5.75 Å². The van der Waals surface area contributed by atoms with Crippen LogP contribution in [-0.4, -0.2) is 41.9 Å². The molecule has 1 aromatic carbocycles. The van der Waals surface area contributed by atoms with Gasteiger partial charge in [-0.25, -0.2) is 0 Å². The molecule has 5 nitrogen and oxygen atoms in total. The van der Waals surface area contributed by atoms with E-state index in [1.807, 2.05) is 20.8 Å². The smallest absolute Gasteiger partial charge is 0.263 e. The topological polar surface area (TPSA) is 58.6 Å². The molecule has 0 spiro atoms. The van der Waals surface area contributed by atoms with Crippen molar-refractivity contribution in [1.29, 1.82) is 0 Å². The summed E-state index contributed by atoms with van der Waals surface area (Å²) in [5.74, 6) is -0.186. The molecule has 2 amide bonds. The number of halogens is 2. The number of hydrogen-bond donors (Lipinski definition) is 1. The van der Waals surface area contributed by atoms with Gasteiger partial charge in [0.2, 0.25) is 5.91 Å². The van der Waals surface area contributed by atoms with E-state index in [4.69, 9.17) is 27.9 Å². The summed E-state index contributed by atoms with van der Waals surface area (Å²) in [6.07, 6.45) is -0.777. The minimum Gasteiger partial charge on any atom is -0.479 e. The quantitative estimate of drug-likeness (QED) is 0.877. The van der Waals surface area contributed by atoms with Crippen molar-refractivity contribution in [1.82, 2.24) is 10.2 Å². The Kier molecular flexibility index (Phi) is 6.71. The lowest BCUT2D eigenvalue weighted by Gasteiger charge is -2.25. The van der Waals surface area contributed by atoms with Gasteiger partial charge in [-0.15, -0.1) is 0 Å². The van der Waals surface area contributed by atoms with Crippen LogP contribution in [0.3, 0.4) is 0 Å². The Morgan fingerprint density at radius 1 is 1.30 bits per heavy atom. The third-order valence-electron chi connectivity index (χ3n) is 2.82. The third-order valence-corrected chi connectivity index (χ3v) is 3.35. The molecule has 0 aliphatic heterocycles.